The van der Waals surface area contributed by atoms with Crippen LogP contribution in [-0.4, -0.2) is 11.8 Å². The summed E-state index contributed by atoms with van der Waals surface area (Å²) in [6.45, 7) is 4.36. The van der Waals surface area contributed by atoms with Gasteiger partial charge in [-0.3, -0.25) is 0 Å². The Kier molecular flexibility index (Phi) is 6.46. The van der Waals surface area contributed by atoms with Crippen molar-refractivity contribution in [3.63, 3.8) is 0 Å². The number of hydrogen-bond donors (Lipinski definition) is 0. The molecule has 11 heavy (non-hydrogen) atoms. The zero-order chi connectivity index (χ0) is 8.74. The van der Waals surface area contributed by atoms with Gasteiger partial charge in [0, 0.05) is 11.8 Å². The second-order valence-electron chi connectivity index (χ2n) is 3.54. The van der Waals surface area contributed by atoms with Crippen LogP contribution in [0.4, 0.5) is 0 Å². The van der Waals surface area contributed by atoms with Gasteiger partial charge in [0.2, 0.25) is 0 Å². The van der Waals surface area contributed by atoms with Gasteiger partial charge >= 0.3 is 0 Å². The Balaban J connectivity index is 3.51. The molecule has 0 aliphatic heterocycles. The second kappa shape index (κ2) is 6.14. The lowest BCUT2D eigenvalue weighted by Crippen LogP contribution is -2.20. The minimum absolute atomic E-state index is 0.165. The normalized spacial score (nSPS) is 12.0. The highest BCUT2D eigenvalue weighted by molar-refractivity contribution is 6.21. The molecule has 0 N–H and O–H groups in total. The summed E-state index contributed by atoms with van der Waals surface area (Å²) in [6, 6.07) is 0. The molecule has 0 aromatic heterocycles. The molecule has 0 saturated carbocycles. The third-order valence-electron chi connectivity index (χ3n) is 2.03. The topological polar surface area (TPSA) is 0 Å². The molecule has 0 aromatic rings. The zero-order valence-corrected chi connectivity index (χ0v) is 9.01. The Morgan fingerprint density at radius 2 is 1.64 bits per heavy atom. The Morgan fingerprint density at radius 3 is 2.00 bits per heavy atom. The lowest BCUT2D eigenvalue weighted by molar-refractivity contribution is 0.371. The molecule has 0 spiro atoms. The van der Waals surface area contributed by atoms with Crippen molar-refractivity contribution in [1.29, 1.82) is 0 Å². The average Bonchev–Trinajstić information content (AvgIpc) is 2.05. The number of unbranched alkanes of at least 4 members (excludes halogenated alkanes) is 2. The van der Waals surface area contributed by atoms with E-state index in [1.807, 2.05) is 0 Å². The van der Waals surface area contributed by atoms with Gasteiger partial charge < -0.3 is 0 Å². The molecule has 68 valence electrons. The van der Waals surface area contributed by atoms with Crippen LogP contribution in [0.3, 0.4) is 0 Å². The van der Waals surface area contributed by atoms with E-state index in [4.69, 9.17) is 23.2 Å². The highest BCUT2D eigenvalue weighted by Crippen LogP contribution is 2.27. The molecule has 0 unspecified atom stereocenters. The van der Waals surface area contributed by atoms with Crippen LogP contribution < -0.4 is 0 Å². The van der Waals surface area contributed by atoms with Gasteiger partial charge in [-0.15, -0.1) is 23.2 Å². The van der Waals surface area contributed by atoms with Gasteiger partial charge in [-0.05, 0) is 11.8 Å². The Labute approximate surface area is 80.3 Å². The van der Waals surface area contributed by atoms with E-state index >= 15 is 0 Å². The molecule has 0 atom stereocenters. The van der Waals surface area contributed by atoms with E-state index in [2.05, 4.69) is 13.8 Å². The first-order valence-corrected chi connectivity index (χ1v) is 5.37. The predicted octanol–water partition coefficient (Wildman–Crippen LogP) is 4.05. The zero-order valence-electron chi connectivity index (χ0n) is 7.50. The molecule has 0 rings (SSSR count). The monoisotopic (exact) mass is 196 g/mol. The van der Waals surface area contributed by atoms with E-state index in [9.17, 15) is 0 Å². The van der Waals surface area contributed by atoms with E-state index in [-0.39, 0.29) is 5.41 Å². The maximum atomic E-state index is 5.80. The fourth-order valence-electron chi connectivity index (χ4n) is 0.971. The minimum Gasteiger partial charge on any atom is -0.126 e. The van der Waals surface area contributed by atoms with Crippen LogP contribution in [0.25, 0.3) is 0 Å². The molecule has 0 heterocycles. The smallest absolute Gasteiger partial charge is 0.0288 e. The average molecular weight is 197 g/mol. The second-order valence-corrected chi connectivity index (χ2v) is 4.07. The predicted molar refractivity (Wildman–Crippen MR) is 53.7 cm³/mol. The molecular weight excluding hydrogens is 179 g/mol. The van der Waals surface area contributed by atoms with E-state index in [1.165, 1.54) is 19.3 Å². The lowest BCUT2D eigenvalue weighted by atomic mass is 9.89. The number of rotatable bonds is 6. The minimum atomic E-state index is 0.165. The fraction of sp³-hybridized carbons (Fsp3) is 1.00. The number of halogens is 2. The highest BCUT2D eigenvalue weighted by atomic mass is 35.5. The van der Waals surface area contributed by atoms with Crippen LogP contribution >= 0.6 is 23.2 Å². The van der Waals surface area contributed by atoms with Gasteiger partial charge in [-0.25, -0.2) is 0 Å². The van der Waals surface area contributed by atoms with Crippen LogP contribution in [0.1, 0.15) is 39.5 Å². The maximum Gasteiger partial charge on any atom is 0.0288 e. The molecule has 2 heteroatoms. The quantitative estimate of drug-likeness (QED) is 0.445. The molecule has 0 fully saturated rings. The molecule has 0 nitrogen and oxygen atoms in total. The van der Waals surface area contributed by atoms with Crippen molar-refractivity contribution in [2.45, 2.75) is 39.5 Å². The first-order valence-electron chi connectivity index (χ1n) is 4.30. The summed E-state index contributed by atoms with van der Waals surface area (Å²) >= 11 is 11.6. The van der Waals surface area contributed by atoms with Crippen LogP contribution in [0.5, 0.6) is 0 Å². The van der Waals surface area contributed by atoms with Crippen LogP contribution in [0.2, 0.25) is 0 Å². The summed E-state index contributed by atoms with van der Waals surface area (Å²) in [5, 5.41) is 0. The first kappa shape index (κ1) is 11.6. The van der Waals surface area contributed by atoms with Gasteiger partial charge in [0.15, 0.2) is 0 Å². The van der Waals surface area contributed by atoms with Crippen molar-refractivity contribution in [1.82, 2.24) is 0 Å². The summed E-state index contributed by atoms with van der Waals surface area (Å²) in [4.78, 5) is 0. The van der Waals surface area contributed by atoms with E-state index < -0.39 is 0 Å². The van der Waals surface area contributed by atoms with Crippen molar-refractivity contribution < 1.29 is 0 Å². The maximum absolute atomic E-state index is 5.80. The van der Waals surface area contributed by atoms with Gasteiger partial charge in [0.25, 0.3) is 0 Å². The van der Waals surface area contributed by atoms with Crippen molar-refractivity contribution in [2.75, 3.05) is 11.8 Å². The van der Waals surface area contributed by atoms with Crippen molar-refractivity contribution >= 4 is 23.2 Å². The lowest BCUT2D eigenvalue weighted by Gasteiger charge is -2.23. The Morgan fingerprint density at radius 1 is 1.09 bits per heavy atom. The molecule has 0 aromatic carbocycles. The molecule has 0 bridgehead atoms. The van der Waals surface area contributed by atoms with Crippen LogP contribution in [0, 0.1) is 5.41 Å². The Hall–Kier alpha value is 0.580. The van der Waals surface area contributed by atoms with Gasteiger partial charge in [0.1, 0.15) is 0 Å². The fourth-order valence-corrected chi connectivity index (χ4v) is 1.52. The summed E-state index contributed by atoms with van der Waals surface area (Å²) in [6.07, 6.45) is 4.98. The summed E-state index contributed by atoms with van der Waals surface area (Å²) in [5.74, 6) is 1.36. The number of alkyl halides is 2. The molecule has 0 saturated heterocycles. The van der Waals surface area contributed by atoms with Gasteiger partial charge in [0.05, 0.1) is 0 Å². The largest absolute Gasteiger partial charge is 0.126 e. The van der Waals surface area contributed by atoms with Gasteiger partial charge in [-0.1, -0.05) is 33.1 Å². The van der Waals surface area contributed by atoms with E-state index in [0.717, 1.165) is 6.42 Å². The SMILES string of the molecule is CCCCCC(C)(CCl)CCl. The summed E-state index contributed by atoms with van der Waals surface area (Å²) < 4.78 is 0. The van der Waals surface area contributed by atoms with Crippen LogP contribution in [0.15, 0.2) is 0 Å². The van der Waals surface area contributed by atoms with Crippen molar-refractivity contribution in [3.8, 4) is 0 Å². The van der Waals surface area contributed by atoms with Crippen LogP contribution in [-0.2, 0) is 0 Å². The standard InChI is InChI=1S/C9H18Cl2/c1-3-4-5-6-9(2,7-10)8-11/h3-8H2,1-2H3. The third kappa shape index (κ3) is 4.92. The highest BCUT2D eigenvalue weighted by Gasteiger charge is 2.20. The summed E-state index contributed by atoms with van der Waals surface area (Å²) in [7, 11) is 0. The molecule has 0 aliphatic carbocycles. The Bertz CT molecular complexity index is 87.6. The van der Waals surface area contributed by atoms with E-state index in [0.29, 0.717) is 11.8 Å². The molecule has 0 radical (unpaired) electrons. The molecular formula is C9H18Cl2. The number of hydrogen-bond acceptors (Lipinski definition) is 0. The van der Waals surface area contributed by atoms with Crippen molar-refractivity contribution in [2.24, 2.45) is 5.41 Å². The van der Waals surface area contributed by atoms with Gasteiger partial charge in [-0.2, -0.15) is 0 Å². The van der Waals surface area contributed by atoms with E-state index in [1.54, 1.807) is 0 Å². The summed E-state index contributed by atoms with van der Waals surface area (Å²) in [5.41, 5.74) is 0.165. The first-order chi connectivity index (χ1) is 5.18. The molecule has 0 aliphatic rings. The molecule has 0 amide bonds. The van der Waals surface area contributed by atoms with Crippen molar-refractivity contribution in [3.05, 3.63) is 0 Å². The third-order valence-corrected chi connectivity index (χ3v) is 3.32.